The van der Waals surface area contributed by atoms with Gasteiger partial charge in [0.25, 0.3) is 0 Å². The molecular weight excluding hydrogens is 164 g/mol. The highest BCUT2D eigenvalue weighted by atomic mass is 16.3. The summed E-state index contributed by atoms with van der Waals surface area (Å²) in [7, 11) is 0. The van der Waals surface area contributed by atoms with Gasteiger partial charge in [0, 0.05) is 6.61 Å². The number of aliphatic hydroxyl groups excluding tert-OH is 2. The van der Waals surface area contributed by atoms with Gasteiger partial charge in [0.05, 0.1) is 6.10 Å². The highest BCUT2D eigenvalue weighted by Gasteiger charge is 2.47. The Bertz CT molecular complexity index is 131. The molecule has 0 unspecified atom stereocenters. The van der Waals surface area contributed by atoms with Crippen molar-refractivity contribution in [3.8, 4) is 0 Å². The zero-order chi connectivity index (χ0) is 9.73. The lowest BCUT2D eigenvalue weighted by molar-refractivity contribution is -0.0811. The van der Waals surface area contributed by atoms with Gasteiger partial charge in [-0.3, -0.25) is 0 Å². The molecular formula is C11H22O2. The average Bonchev–Trinajstić information content (AvgIpc) is 1.98. The van der Waals surface area contributed by atoms with Crippen LogP contribution >= 0.6 is 0 Å². The third kappa shape index (κ3) is 2.96. The van der Waals surface area contributed by atoms with Crippen LogP contribution in [0.15, 0.2) is 0 Å². The van der Waals surface area contributed by atoms with E-state index in [0.717, 1.165) is 25.7 Å². The van der Waals surface area contributed by atoms with Gasteiger partial charge in [-0.05, 0) is 37.5 Å². The van der Waals surface area contributed by atoms with Crippen LogP contribution in [0, 0.1) is 5.41 Å². The minimum atomic E-state index is 0.0651. The Morgan fingerprint density at radius 1 is 1.31 bits per heavy atom. The van der Waals surface area contributed by atoms with Gasteiger partial charge in [-0.1, -0.05) is 19.8 Å². The normalized spacial score (nSPS) is 24.2. The van der Waals surface area contributed by atoms with Crippen molar-refractivity contribution in [3.05, 3.63) is 0 Å². The largest absolute Gasteiger partial charge is 0.396 e. The standard InChI is InChI=1S/C7H12O.C4H10O/c8-6-4-7(5-6)2-1-3-7;1-2-3-4-5/h6,8H,1-5H2;5H,2-4H2,1H3. The molecule has 0 aromatic rings. The summed E-state index contributed by atoms with van der Waals surface area (Å²) in [6.07, 6.45) is 8.51. The molecule has 0 radical (unpaired) electrons. The Morgan fingerprint density at radius 2 is 1.92 bits per heavy atom. The van der Waals surface area contributed by atoms with E-state index >= 15 is 0 Å². The Labute approximate surface area is 81.0 Å². The van der Waals surface area contributed by atoms with Crippen LogP contribution in [-0.4, -0.2) is 22.9 Å². The molecule has 2 rings (SSSR count). The van der Waals surface area contributed by atoms with Crippen LogP contribution < -0.4 is 0 Å². The molecule has 13 heavy (non-hydrogen) atoms. The maximum Gasteiger partial charge on any atom is 0.0550 e. The van der Waals surface area contributed by atoms with Crippen molar-refractivity contribution in [3.63, 3.8) is 0 Å². The topological polar surface area (TPSA) is 40.5 Å². The Morgan fingerprint density at radius 3 is 2.00 bits per heavy atom. The second-order valence-corrected chi connectivity index (χ2v) is 4.49. The van der Waals surface area contributed by atoms with E-state index in [0.29, 0.717) is 12.0 Å². The van der Waals surface area contributed by atoms with Gasteiger partial charge in [0.1, 0.15) is 0 Å². The Balaban J connectivity index is 0.000000149. The monoisotopic (exact) mass is 186 g/mol. The van der Waals surface area contributed by atoms with Crippen molar-refractivity contribution in [2.45, 2.75) is 58.0 Å². The van der Waals surface area contributed by atoms with Gasteiger partial charge >= 0.3 is 0 Å². The summed E-state index contributed by atoms with van der Waals surface area (Å²) in [5, 5.41) is 17.0. The predicted octanol–water partition coefficient (Wildman–Crippen LogP) is 2.09. The highest BCUT2D eigenvalue weighted by molar-refractivity contribution is 4.98. The lowest BCUT2D eigenvalue weighted by Crippen LogP contribution is -2.45. The van der Waals surface area contributed by atoms with E-state index in [1.54, 1.807) is 0 Å². The number of hydrogen-bond donors (Lipinski definition) is 2. The molecule has 0 aromatic carbocycles. The zero-order valence-corrected chi connectivity index (χ0v) is 8.63. The SMILES string of the molecule is CCCCO.OC1CC2(CCC2)C1. The van der Waals surface area contributed by atoms with Gasteiger partial charge < -0.3 is 10.2 Å². The lowest BCUT2D eigenvalue weighted by atomic mass is 9.55. The fourth-order valence-electron chi connectivity index (χ4n) is 2.18. The molecule has 2 heteroatoms. The zero-order valence-electron chi connectivity index (χ0n) is 8.63. The van der Waals surface area contributed by atoms with E-state index in [1.165, 1.54) is 19.3 Å². The van der Waals surface area contributed by atoms with E-state index in [-0.39, 0.29) is 6.10 Å². The van der Waals surface area contributed by atoms with Crippen molar-refractivity contribution in [1.29, 1.82) is 0 Å². The van der Waals surface area contributed by atoms with Crippen LogP contribution in [-0.2, 0) is 0 Å². The molecule has 78 valence electrons. The van der Waals surface area contributed by atoms with E-state index in [2.05, 4.69) is 6.92 Å². The summed E-state index contributed by atoms with van der Waals surface area (Å²) in [6.45, 7) is 2.40. The molecule has 2 saturated carbocycles. The Hall–Kier alpha value is -0.0800. The minimum Gasteiger partial charge on any atom is -0.396 e. The van der Waals surface area contributed by atoms with Crippen molar-refractivity contribution in [2.75, 3.05) is 6.61 Å². The van der Waals surface area contributed by atoms with E-state index < -0.39 is 0 Å². The second-order valence-electron chi connectivity index (χ2n) is 4.49. The van der Waals surface area contributed by atoms with Gasteiger partial charge in [-0.2, -0.15) is 0 Å². The van der Waals surface area contributed by atoms with E-state index in [4.69, 9.17) is 10.2 Å². The summed E-state index contributed by atoms with van der Waals surface area (Å²) in [4.78, 5) is 0. The van der Waals surface area contributed by atoms with Gasteiger partial charge in [0.15, 0.2) is 0 Å². The number of unbranched alkanes of at least 4 members (excludes halogenated alkanes) is 1. The van der Waals surface area contributed by atoms with Crippen LogP contribution in [0.3, 0.4) is 0 Å². The van der Waals surface area contributed by atoms with Crippen molar-refractivity contribution >= 4 is 0 Å². The molecule has 0 saturated heterocycles. The first-order chi connectivity index (χ1) is 6.22. The number of hydrogen-bond acceptors (Lipinski definition) is 2. The van der Waals surface area contributed by atoms with Crippen molar-refractivity contribution < 1.29 is 10.2 Å². The lowest BCUT2D eigenvalue weighted by Gasteiger charge is -2.52. The molecule has 2 nitrogen and oxygen atoms in total. The van der Waals surface area contributed by atoms with Crippen LogP contribution in [0.4, 0.5) is 0 Å². The molecule has 2 aliphatic rings. The maximum atomic E-state index is 8.95. The molecule has 2 aliphatic carbocycles. The summed E-state index contributed by atoms with van der Waals surface area (Å²) >= 11 is 0. The Kier molecular flexibility index (Phi) is 4.20. The predicted molar refractivity (Wildman–Crippen MR) is 53.5 cm³/mol. The van der Waals surface area contributed by atoms with E-state index in [9.17, 15) is 0 Å². The molecule has 1 spiro atoms. The smallest absolute Gasteiger partial charge is 0.0550 e. The van der Waals surface area contributed by atoms with Crippen LogP contribution in [0.25, 0.3) is 0 Å². The third-order valence-corrected chi connectivity index (χ3v) is 3.26. The van der Waals surface area contributed by atoms with Crippen molar-refractivity contribution in [2.24, 2.45) is 5.41 Å². The fraction of sp³-hybridized carbons (Fsp3) is 1.00. The third-order valence-electron chi connectivity index (χ3n) is 3.26. The second kappa shape index (κ2) is 4.97. The first-order valence-electron chi connectivity index (χ1n) is 5.51. The van der Waals surface area contributed by atoms with Crippen LogP contribution in [0.5, 0.6) is 0 Å². The molecule has 2 N–H and O–H groups in total. The molecule has 0 aliphatic heterocycles. The van der Waals surface area contributed by atoms with E-state index in [1.807, 2.05) is 0 Å². The number of aliphatic hydroxyl groups is 2. The molecule has 0 amide bonds. The molecule has 0 heterocycles. The molecule has 0 aromatic heterocycles. The maximum absolute atomic E-state index is 8.95. The average molecular weight is 186 g/mol. The summed E-state index contributed by atoms with van der Waals surface area (Å²) in [5.74, 6) is 0. The summed E-state index contributed by atoms with van der Waals surface area (Å²) in [5.41, 5.74) is 0.666. The summed E-state index contributed by atoms with van der Waals surface area (Å²) < 4.78 is 0. The number of rotatable bonds is 2. The molecule has 0 atom stereocenters. The van der Waals surface area contributed by atoms with Gasteiger partial charge in [0.2, 0.25) is 0 Å². The fourth-order valence-corrected chi connectivity index (χ4v) is 2.18. The van der Waals surface area contributed by atoms with Gasteiger partial charge in [-0.15, -0.1) is 0 Å². The summed E-state index contributed by atoms with van der Waals surface area (Å²) in [6, 6.07) is 0. The molecule has 2 fully saturated rings. The van der Waals surface area contributed by atoms with Crippen LogP contribution in [0.2, 0.25) is 0 Å². The van der Waals surface area contributed by atoms with Gasteiger partial charge in [-0.25, -0.2) is 0 Å². The minimum absolute atomic E-state index is 0.0651. The first kappa shape index (κ1) is 11.0. The first-order valence-corrected chi connectivity index (χ1v) is 5.51. The van der Waals surface area contributed by atoms with Crippen LogP contribution in [0.1, 0.15) is 51.9 Å². The quantitative estimate of drug-likeness (QED) is 0.693. The molecule has 0 bridgehead atoms. The van der Waals surface area contributed by atoms with Crippen molar-refractivity contribution in [1.82, 2.24) is 0 Å². The highest BCUT2D eigenvalue weighted by Crippen LogP contribution is 2.55.